The van der Waals surface area contributed by atoms with Gasteiger partial charge in [0.15, 0.2) is 0 Å². The quantitative estimate of drug-likeness (QED) is 0.442. The maximum atomic E-state index is 12.3. The largest absolute Gasteiger partial charge is 0.462 e. The zero-order valence-electron chi connectivity index (χ0n) is 17.0. The molecule has 1 amide bonds. The average Bonchev–Trinajstić information content (AvgIpc) is 3.14. The van der Waals surface area contributed by atoms with Crippen LogP contribution in [-0.2, 0) is 9.47 Å². The Morgan fingerprint density at radius 2 is 2.03 bits per heavy atom. The molecule has 2 aromatic heterocycles. The Kier molecular flexibility index (Phi) is 8.28. The summed E-state index contributed by atoms with van der Waals surface area (Å²) in [5.41, 5.74) is 0.753. The van der Waals surface area contributed by atoms with E-state index in [0.717, 1.165) is 5.56 Å². The van der Waals surface area contributed by atoms with E-state index in [1.165, 1.54) is 0 Å². The molecule has 9 heteroatoms. The standard InChI is InChI=1S/C20H26ClN3O4S/c1-5-27-18(25)14-6-7-16(21)24-17(14)23-15(13-9-11-29-12-13)8-10-22-19(26)28-20(2,3)4/h6-7,9,11-12,15H,5,8,10H2,1-4H3,(H,22,26)(H,23,24). The molecule has 0 fully saturated rings. The van der Waals surface area contributed by atoms with E-state index in [1.807, 2.05) is 37.6 Å². The number of hydrogen-bond donors (Lipinski definition) is 2. The number of esters is 1. The summed E-state index contributed by atoms with van der Waals surface area (Å²) >= 11 is 7.60. The van der Waals surface area contributed by atoms with Crippen LogP contribution in [0.1, 0.15) is 56.1 Å². The monoisotopic (exact) mass is 439 g/mol. The lowest BCUT2D eigenvalue weighted by Gasteiger charge is -2.22. The van der Waals surface area contributed by atoms with E-state index in [0.29, 0.717) is 24.3 Å². The normalized spacial score (nSPS) is 12.2. The number of carbonyl (C=O) groups excluding carboxylic acids is 2. The number of ether oxygens (including phenoxy) is 2. The van der Waals surface area contributed by atoms with E-state index in [1.54, 1.807) is 30.4 Å². The van der Waals surface area contributed by atoms with E-state index in [4.69, 9.17) is 21.1 Å². The highest BCUT2D eigenvalue weighted by atomic mass is 35.5. The number of hydrogen-bond acceptors (Lipinski definition) is 7. The molecule has 2 N–H and O–H groups in total. The van der Waals surface area contributed by atoms with Crippen LogP contribution in [0.25, 0.3) is 0 Å². The van der Waals surface area contributed by atoms with Crippen molar-refractivity contribution in [2.24, 2.45) is 0 Å². The number of carbonyl (C=O) groups is 2. The second kappa shape index (κ2) is 10.5. The molecule has 0 aromatic carbocycles. The number of anilines is 1. The Balaban J connectivity index is 2.13. The lowest BCUT2D eigenvalue weighted by atomic mass is 10.1. The summed E-state index contributed by atoms with van der Waals surface area (Å²) in [6.45, 7) is 7.80. The first-order chi connectivity index (χ1) is 13.7. The minimum absolute atomic E-state index is 0.199. The number of amides is 1. The van der Waals surface area contributed by atoms with Crippen molar-refractivity contribution in [3.05, 3.63) is 45.2 Å². The number of rotatable bonds is 8. The number of nitrogens with zero attached hydrogens (tertiary/aromatic N) is 1. The first-order valence-corrected chi connectivity index (χ1v) is 10.6. The average molecular weight is 440 g/mol. The van der Waals surface area contributed by atoms with Crippen LogP contribution in [0.4, 0.5) is 10.6 Å². The van der Waals surface area contributed by atoms with Crippen molar-refractivity contribution in [1.82, 2.24) is 10.3 Å². The van der Waals surface area contributed by atoms with Crippen molar-refractivity contribution in [2.75, 3.05) is 18.5 Å². The first-order valence-electron chi connectivity index (χ1n) is 9.28. The number of alkyl carbamates (subject to hydrolysis) is 1. The van der Waals surface area contributed by atoms with Gasteiger partial charge in [-0.25, -0.2) is 14.6 Å². The summed E-state index contributed by atoms with van der Waals surface area (Å²) in [4.78, 5) is 28.4. The fourth-order valence-corrected chi connectivity index (χ4v) is 3.37. The van der Waals surface area contributed by atoms with E-state index < -0.39 is 17.7 Å². The molecule has 0 aliphatic heterocycles. The van der Waals surface area contributed by atoms with Gasteiger partial charge in [-0.1, -0.05) is 11.6 Å². The van der Waals surface area contributed by atoms with Crippen molar-refractivity contribution in [3.8, 4) is 0 Å². The molecule has 0 bridgehead atoms. The SMILES string of the molecule is CCOC(=O)c1ccc(Cl)nc1NC(CCNC(=O)OC(C)(C)C)c1ccsc1. The molecule has 0 aliphatic carbocycles. The zero-order chi connectivity index (χ0) is 21.4. The van der Waals surface area contributed by atoms with Crippen LogP contribution in [0.3, 0.4) is 0 Å². The molecular formula is C20H26ClN3O4S. The number of pyridine rings is 1. The number of halogens is 1. The van der Waals surface area contributed by atoms with Crippen LogP contribution in [0.5, 0.6) is 0 Å². The third-order valence-electron chi connectivity index (χ3n) is 3.71. The molecule has 0 saturated carbocycles. The van der Waals surface area contributed by atoms with Crippen LogP contribution < -0.4 is 10.6 Å². The fraction of sp³-hybridized carbons (Fsp3) is 0.450. The van der Waals surface area contributed by atoms with Crippen molar-refractivity contribution in [3.63, 3.8) is 0 Å². The third kappa shape index (κ3) is 7.55. The highest BCUT2D eigenvalue weighted by Gasteiger charge is 2.20. The number of aromatic nitrogens is 1. The number of thiophene rings is 1. The Morgan fingerprint density at radius 1 is 1.28 bits per heavy atom. The lowest BCUT2D eigenvalue weighted by molar-refractivity contribution is 0.0517. The topological polar surface area (TPSA) is 89.5 Å². The van der Waals surface area contributed by atoms with Crippen LogP contribution in [0.2, 0.25) is 5.15 Å². The molecule has 0 aliphatic rings. The molecule has 7 nitrogen and oxygen atoms in total. The van der Waals surface area contributed by atoms with Crippen LogP contribution in [0, 0.1) is 0 Å². The van der Waals surface area contributed by atoms with Gasteiger partial charge in [-0.3, -0.25) is 0 Å². The summed E-state index contributed by atoms with van der Waals surface area (Å²) in [6.07, 6.45) is 0.0709. The molecule has 2 heterocycles. The van der Waals surface area contributed by atoms with Gasteiger partial charge in [0.25, 0.3) is 0 Å². The Labute approximate surface area is 179 Å². The summed E-state index contributed by atoms with van der Waals surface area (Å²) in [5.74, 6) is -0.139. The second-order valence-corrected chi connectivity index (χ2v) is 8.39. The van der Waals surface area contributed by atoms with Gasteiger partial charge in [0, 0.05) is 6.54 Å². The fourth-order valence-electron chi connectivity index (χ4n) is 2.51. The maximum absolute atomic E-state index is 12.3. The van der Waals surface area contributed by atoms with E-state index in [-0.39, 0.29) is 17.8 Å². The molecule has 158 valence electrons. The molecule has 2 rings (SSSR count). The summed E-state index contributed by atoms with van der Waals surface area (Å²) in [5, 5.41) is 10.2. The van der Waals surface area contributed by atoms with E-state index >= 15 is 0 Å². The highest BCUT2D eigenvalue weighted by Crippen LogP contribution is 2.27. The minimum Gasteiger partial charge on any atom is -0.462 e. The molecule has 1 unspecified atom stereocenters. The summed E-state index contributed by atoms with van der Waals surface area (Å²) < 4.78 is 10.4. The maximum Gasteiger partial charge on any atom is 0.407 e. The molecular weight excluding hydrogens is 414 g/mol. The van der Waals surface area contributed by atoms with Gasteiger partial charge in [0.1, 0.15) is 22.1 Å². The van der Waals surface area contributed by atoms with Crippen LogP contribution in [-0.4, -0.2) is 35.8 Å². The predicted octanol–water partition coefficient (Wildman–Crippen LogP) is 5.04. The summed E-state index contributed by atoms with van der Waals surface area (Å²) in [7, 11) is 0. The minimum atomic E-state index is -0.561. The molecule has 0 radical (unpaired) electrons. The van der Waals surface area contributed by atoms with Crippen molar-refractivity contribution in [1.29, 1.82) is 0 Å². The van der Waals surface area contributed by atoms with Gasteiger partial charge in [-0.05, 0) is 68.6 Å². The molecule has 2 aromatic rings. The molecule has 0 spiro atoms. The van der Waals surface area contributed by atoms with E-state index in [9.17, 15) is 9.59 Å². The van der Waals surface area contributed by atoms with Gasteiger partial charge < -0.3 is 20.1 Å². The summed E-state index contributed by atoms with van der Waals surface area (Å²) in [6, 6.07) is 4.90. The van der Waals surface area contributed by atoms with Gasteiger partial charge in [0.05, 0.1) is 12.6 Å². The Hall–Kier alpha value is -2.32. The van der Waals surface area contributed by atoms with Crippen LogP contribution in [0.15, 0.2) is 29.0 Å². The van der Waals surface area contributed by atoms with Crippen molar-refractivity contribution < 1.29 is 19.1 Å². The molecule has 29 heavy (non-hydrogen) atoms. The zero-order valence-corrected chi connectivity index (χ0v) is 18.5. The van der Waals surface area contributed by atoms with Gasteiger partial charge >= 0.3 is 12.1 Å². The Morgan fingerprint density at radius 3 is 2.66 bits per heavy atom. The smallest absolute Gasteiger partial charge is 0.407 e. The highest BCUT2D eigenvalue weighted by molar-refractivity contribution is 7.08. The van der Waals surface area contributed by atoms with Crippen molar-refractivity contribution in [2.45, 2.75) is 45.8 Å². The predicted molar refractivity (Wildman–Crippen MR) is 115 cm³/mol. The van der Waals surface area contributed by atoms with Gasteiger partial charge in [0.2, 0.25) is 0 Å². The third-order valence-corrected chi connectivity index (χ3v) is 4.63. The molecule has 0 saturated heterocycles. The second-order valence-electron chi connectivity index (χ2n) is 7.22. The van der Waals surface area contributed by atoms with Crippen LogP contribution >= 0.6 is 22.9 Å². The van der Waals surface area contributed by atoms with E-state index in [2.05, 4.69) is 15.6 Å². The van der Waals surface area contributed by atoms with Crippen molar-refractivity contribution >= 4 is 40.8 Å². The number of nitrogens with one attached hydrogen (secondary N) is 2. The van der Waals surface area contributed by atoms with Gasteiger partial charge in [-0.15, -0.1) is 0 Å². The Bertz CT molecular complexity index is 822. The lowest BCUT2D eigenvalue weighted by Crippen LogP contribution is -2.34. The first kappa shape index (κ1) is 23.0. The van der Waals surface area contributed by atoms with Gasteiger partial charge in [-0.2, -0.15) is 11.3 Å². The molecule has 1 atom stereocenters.